The maximum atomic E-state index is 12.7. The maximum Gasteiger partial charge on any atom is 0.349 e. The van der Waals surface area contributed by atoms with Crippen LogP contribution in [0.3, 0.4) is 0 Å². The summed E-state index contributed by atoms with van der Waals surface area (Å²) in [7, 11) is 0. The first-order valence-electron chi connectivity index (χ1n) is 10.1. The van der Waals surface area contributed by atoms with Crippen molar-refractivity contribution >= 4 is 16.9 Å². The van der Waals surface area contributed by atoms with E-state index in [4.69, 9.17) is 18.6 Å². The lowest BCUT2D eigenvalue weighted by Gasteiger charge is -2.09. The smallest absolute Gasteiger partial charge is 0.349 e. The van der Waals surface area contributed by atoms with E-state index in [-0.39, 0.29) is 29.1 Å². The Kier molecular flexibility index (Phi) is 5.94. The van der Waals surface area contributed by atoms with Crippen LogP contribution >= 0.6 is 0 Å². The van der Waals surface area contributed by atoms with Crippen molar-refractivity contribution in [3.05, 3.63) is 93.8 Å². The molecule has 4 aromatic rings. The third kappa shape index (κ3) is 4.98. The van der Waals surface area contributed by atoms with Crippen LogP contribution in [0.5, 0.6) is 23.0 Å². The molecule has 0 spiro atoms. The molecule has 0 aliphatic carbocycles. The van der Waals surface area contributed by atoms with Gasteiger partial charge in [0.05, 0.1) is 5.39 Å². The highest BCUT2D eigenvalue weighted by atomic mass is 16.6. The molecule has 1 heterocycles. The molecule has 162 valence electrons. The fraction of sp³-hybridized carbons (Fsp3) is 0.154. The topological polar surface area (TPSA) is 75.0 Å². The van der Waals surface area contributed by atoms with Crippen LogP contribution in [-0.4, -0.2) is 12.6 Å². The molecule has 3 aromatic carbocycles. The third-order valence-corrected chi connectivity index (χ3v) is 4.75. The van der Waals surface area contributed by atoms with Crippen LogP contribution in [0, 0.1) is 20.8 Å². The van der Waals surface area contributed by atoms with Crippen LogP contribution in [0.15, 0.2) is 76.1 Å². The highest BCUT2D eigenvalue weighted by Gasteiger charge is 2.12. The van der Waals surface area contributed by atoms with Gasteiger partial charge in [0.25, 0.3) is 0 Å². The summed E-state index contributed by atoms with van der Waals surface area (Å²) in [5, 5.41) is 0.320. The van der Waals surface area contributed by atoms with Crippen molar-refractivity contribution in [2.24, 2.45) is 0 Å². The summed E-state index contributed by atoms with van der Waals surface area (Å²) in [5.41, 5.74) is 3.14. The van der Waals surface area contributed by atoms with E-state index in [1.54, 1.807) is 12.1 Å². The SMILES string of the molecule is Cc1ccc(Oc2coc3cc(OC(=O)COc4cc(C)cc(C)c4)ccc3c2=O)cc1. The van der Waals surface area contributed by atoms with E-state index >= 15 is 0 Å². The molecule has 6 nitrogen and oxygen atoms in total. The normalized spacial score (nSPS) is 10.7. The van der Waals surface area contributed by atoms with Crippen LogP contribution in [0.2, 0.25) is 0 Å². The average Bonchev–Trinajstić information content (AvgIpc) is 2.75. The molecular weight excluding hydrogens is 408 g/mol. The number of fused-ring (bicyclic) bond motifs is 1. The Labute approximate surface area is 185 Å². The molecule has 0 fully saturated rings. The second-order valence-electron chi connectivity index (χ2n) is 7.59. The summed E-state index contributed by atoms with van der Waals surface area (Å²) in [6.07, 6.45) is 1.25. The monoisotopic (exact) mass is 430 g/mol. The maximum absolute atomic E-state index is 12.7. The standard InChI is InChI=1S/C26H22O6/c1-16-4-6-19(7-5-16)31-24-14-30-23-13-20(8-9-22(23)26(24)28)32-25(27)15-29-21-11-17(2)10-18(3)12-21/h4-14H,15H2,1-3H3. The molecule has 0 bridgehead atoms. The van der Waals surface area contributed by atoms with Crippen LogP contribution < -0.4 is 19.6 Å². The number of hydrogen-bond donors (Lipinski definition) is 0. The van der Waals surface area contributed by atoms with Gasteiger partial charge in [0.1, 0.15) is 29.1 Å². The van der Waals surface area contributed by atoms with Gasteiger partial charge in [-0.25, -0.2) is 4.79 Å². The Morgan fingerprint density at radius 1 is 0.812 bits per heavy atom. The van der Waals surface area contributed by atoms with Crippen molar-refractivity contribution in [2.45, 2.75) is 20.8 Å². The van der Waals surface area contributed by atoms with Gasteiger partial charge in [-0.15, -0.1) is 0 Å². The molecule has 0 aliphatic heterocycles. The molecule has 0 atom stereocenters. The van der Waals surface area contributed by atoms with E-state index in [0.29, 0.717) is 16.9 Å². The van der Waals surface area contributed by atoms with E-state index < -0.39 is 5.97 Å². The minimum Gasteiger partial charge on any atom is -0.482 e. The van der Waals surface area contributed by atoms with Gasteiger partial charge in [0.15, 0.2) is 6.61 Å². The van der Waals surface area contributed by atoms with E-state index in [0.717, 1.165) is 16.7 Å². The van der Waals surface area contributed by atoms with Crippen molar-refractivity contribution < 1.29 is 23.4 Å². The number of benzene rings is 3. The number of carbonyl (C=O) groups is 1. The van der Waals surface area contributed by atoms with Crippen molar-refractivity contribution in [1.29, 1.82) is 0 Å². The van der Waals surface area contributed by atoms with E-state index in [2.05, 4.69) is 0 Å². The Balaban J connectivity index is 1.45. The number of hydrogen-bond acceptors (Lipinski definition) is 6. The first kappa shape index (κ1) is 21.2. The summed E-state index contributed by atoms with van der Waals surface area (Å²) < 4.78 is 22.0. The summed E-state index contributed by atoms with van der Waals surface area (Å²) in [6.45, 7) is 5.64. The number of ether oxygens (including phenoxy) is 3. The minimum absolute atomic E-state index is 0.0768. The molecule has 1 aromatic heterocycles. The number of rotatable bonds is 6. The molecular formula is C26H22O6. The summed E-state index contributed by atoms with van der Waals surface area (Å²) in [6, 6.07) is 17.6. The zero-order valence-corrected chi connectivity index (χ0v) is 18.0. The predicted octanol–water partition coefficient (Wildman–Crippen LogP) is 5.49. The molecule has 0 saturated carbocycles. The Morgan fingerprint density at radius 2 is 1.50 bits per heavy atom. The van der Waals surface area contributed by atoms with Crippen molar-refractivity contribution in [1.82, 2.24) is 0 Å². The lowest BCUT2D eigenvalue weighted by Crippen LogP contribution is -2.17. The molecule has 0 N–H and O–H groups in total. The first-order valence-corrected chi connectivity index (χ1v) is 10.1. The van der Waals surface area contributed by atoms with Crippen LogP contribution in [0.1, 0.15) is 16.7 Å². The molecule has 0 radical (unpaired) electrons. The average molecular weight is 430 g/mol. The Hall–Kier alpha value is -4.06. The Bertz CT molecular complexity index is 1310. The van der Waals surface area contributed by atoms with Gasteiger partial charge < -0.3 is 18.6 Å². The van der Waals surface area contributed by atoms with E-state index in [1.165, 1.54) is 24.5 Å². The number of aryl methyl sites for hydroxylation is 3. The van der Waals surface area contributed by atoms with Gasteiger partial charge >= 0.3 is 5.97 Å². The molecule has 0 unspecified atom stereocenters. The fourth-order valence-corrected chi connectivity index (χ4v) is 3.28. The summed E-state index contributed by atoms with van der Waals surface area (Å²) >= 11 is 0. The molecule has 6 heteroatoms. The van der Waals surface area contributed by atoms with Crippen LogP contribution in [0.4, 0.5) is 0 Å². The highest BCUT2D eigenvalue weighted by Crippen LogP contribution is 2.24. The predicted molar refractivity (Wildman–Crippen MR) is 121 cm³/mol. The quantitative estimate of drug-likeness (QED) is 0.297. The largest absolute Gasteiger partial charge is 0.482 e. The third-order valence-electron chi connectivity index (χ3n) is 4.75. The molecule has 0 amide bonds. The van der Waals surface area contributed by atoms with Gasteiger partial charge in [-0.2, -0.15) is 0 Å². The second kappa shape index (κ2) is 8.98. The van der Waals surface area contributed by atoms with Crippen molar-refractivity contribution in [3.8, 4) is 23.0 Å². The molecule has 0 aliphatic rings. The van der Waals surface area contributed by atoms with Gasteiger partial charge in [0.2, 0.25) is 11.2 Å². The zero-order chi connectivity index (χ0) is 22.7. The number of esters is 1. The lowest BCUT2D eigenvalue weighted by molar-refractivity contribution is -0.136. The summed E-state index contributed by atoms with van der Waals surface area (Å²) in [5.74, 6) is 0.904. The minimum atomic E-state index is -0.565. The van der Waals surface area contributed by atoms with E-state index in [9.17, 15) is 9.59 Å². The van der Waals surface area contributed by atoms with Crippen molar-refractivity contribution in [2.75, 3.05) is 6.61 Å². The van der Waals surface area contributed by atoms with Gasteiger partial charge in [-0.3, -0.25) is 4.79 Å². The zero-order valence-electron chi connectivity index (χ0n) is 18.0. The molecule has 0 saturated heterocycles. The summed E-state index contributed by atoms with van der Waals surface area (Å²) in [4.78, 5) is 24.9. The lowest BCUT2D eigenvalue weighted by atomic mass is 10.1. The molecule has 4 rings (SSSR count). The van der Waals surface area contributed by atoms with Gasteiger partial charge in [-0.1, -0.05) is 23.8 Å². The molecule has 32 heavy (non-hydrogen) atoms. The van der Waals surface area contributed by atoms with Crippen LogP contribution in [-0.2, 0) is 4.79 Å². The Morgan fingerprint density at radius 3 is 2.22 bits per heavy atom. The fourth-order valence-electron chi connectivity index (χ4n) is 3.28. The van der Waals surface area contributed by atoms with Gasteiger partial charge in [-0.05, 0) is 68.3 Å². The van der Waals surface area contributed by atoms with Crippen molar-refractivity contribution in [3.63, 3.8) is 0 Å². The van der Waals surface area contributed by atoms with E-state index in [1.807, 2.05) is 51.1 Å². The van der Waals surface area contributed by atoms with Gasteiger partial charge in [0, 0.05) is 6.07 Å². The second-order valence-corrected chi connectivity index (χ2v) is 7.59. The first-order chi connectivity index (χ1) is 15.4. The number of carbonyl (C=O) groups excluding carboxylic acids is 1. The van der Waals surface area contributed by atoms with Crippen LogP contribution in [0.25, 0.3) is 11.0 Å². The highest BCUT2D eigenvalue weighted by molar-refractivity contribution is 5.81.